The van der Waals surface area contributed by atoms with Gasteiger partial charge in [-0.25, -0.2) is 0 Å². The van der Waals surface area contributed by atoms with Gasteiger partial charge < -0.3 is 30.7 Å². The molecule has 4 aliphatic heterocycles. The average molecular weight is 425 g/mol. The summed E-state index contributed by atoms with van der Waals surface area (Å²) in [5, 5.41) is 0. The van der Waals surface area contributed by atoms with Gasteiger partial charge in [-0.1, -0.05) is 0 Å². The van der Waals surface area contributed by atoms with Crippen molar-refractivity contribution in [2.75, 3.05) is 39.4 Å². The van der Waals surface area contributed by atoms with Crippen molar-refractivity contribution in [3.8, 4) is 0 Å². The van der Waals surface area contributed by atoms with Crippen molar-refractivity contribution in [3.05, 3.63) is 0 Å². The van der Waals surface area contributed by atoms with Crippen molar-refractivity contribution in [1.29, 1.82) is 0 Å². The van der Waals surface area contributed by atoms with E-state index < -0.39 is 0 Å². The molecule has 0 radical (unpaired) electrons. The lowest BCUT2D eigenvalue weighted by Crippen LogP contribution is -2.51. The van der Waals surface area contributed by atoms with Crippen LogP contribution >= 0.6 is 0 Å². The molecule has 4 rings (SSSR count). The van der Waals surface area contributed by atoms with Crippen molar-refractivity contribution < 1.29 is 9.47 Å². The van der Waals surface area contributed by atoms with Gasteiger partial charge in [0.15, 0.2) is 0 Å². The molecule has 4 N–H and O–H groups in total. The zero-order valence-corrected chi connectivity index (χ0v) is 20.4. The van der Waals surface area contributed by atoms with Crippen LogP contribution in [0.25, 0.3) is 0 Å². The summed E-state index contributed by atoms with van der Waals surface area (Å²) in [6.07, 6.45) is 5.31. The highest BCUT2D eigenvalue weighted by molar-refractivity contribution is 5.01. The molecule has 4 aliphatic rings. The molecule has 4 heterocycles. The summed E-state index contributed by atoms with van der Waals surface area (Å²) in [4.78, 5) is 5.09. The maximum atomic E-state index is 6.27. The van der Waals surface area contributed by atoms with Gasteiger partial charge in [0.2, 0.25) is 0 Å². The molecule has 0 aromatic carbocycles. The van der Waals surface area contributed by atoms with E-state index in [1.54, 1.807) is 0 Å². The molecule has 6 nitrogen and oxygen atoms in total. The summed E-state index contributed by atoms with van der Waals surface area (Å²) in [5.74, 6) is 0. The normalized spacial score (nSPS) is 36.6. The molecule has 0 aliphatic carbocycles. The van der Waals surface area contributed by atoms with E-state index in [9.17, 15) is 0 Å². The molecule has 0 saturated carbocycles. The lowest BCUT2D eigenvalue weighted by molar-refractivity contribution is 0.0566. The summed E-state index contributed by atoms with van der Waals surface area (Å²) in [6, 6.07) is 1.82. The first-order valence-electron chi connectivity index (χ1n) is 12.3. The van der Waals surface area contributed by atoms with E-state index in [0.29, 0.717) is 12.1 Å². The number of piperidine rings is 2. The Labute approximate surface area is 185 Å². The number of rotatable bonds is 2. The van der Waals surface area contributed by atoms with Gasteiger partial charge >= 0.3 is 0 Å². The van der Waals surface area contributed by atoms with Gasteiger partial charge in [0.05, 0.1) is 25.4 Å². The van der Waals surface area contributed by atoms with Crippen LogP contribution in [-0.4, -0.2) is 85.6 Å². The molecule has 2 spiro atoms. The Morgan fingerprint density at radius 3 is 1.17 bits per heavy atom. The molecule has 0 bridgehead atoms. The van der Waals surface area contributed by atoms with Crippen LogP contribution in [-0.2, 0) is 9.47 Å². The minimum Gasteiger partial charge on any atom is -0.376 e. The molecule has 6 heteroatoms. The second-order valence-corrected chi connectivity index (χ2v) is 11.1. The van der Waals surface area contributed by atoms with Crippen LogP contribution in [0.3, 0.4) is 0 Å². The number of hydrogen-bond acceptors (Lipinski definition) is 6. The number of likely N-dealkylation sites (tertiary alicyclic amines) is 2. The highest BCUT2D eigenvalue weighted by Crippen LogP contribution is 2.42. The summed E-state index contributed by atoms with van der Waals surface area (Å²) < 4.78 is 11.4. The Bertz CT molecular complexity index is 491. The van der Waals surface area contributed by atoms with Crippen molar-refractivity contribution in [1.82, 2.24) is 9.80 Å². The summed E-state index contributed by atoms with van der Waals surface area (Å²) in [5.41, 5.74) is 13.1. The van der Waals surface area contributed by atoms with Gasteiger partial charge in [-0.2, -0.15) is 0 Å². The monoisotopic (exact) mass is 424 g/mol. The van der Waals surface area contributed by atoms with E-state index in [-0.39, 0.29) is 35.1 Å². The first-order valence-corrected chi connectivity index (χ1v) is 12.3. The number of nitrogens with zero attached hydrogens (tertiary/aromatic N) is 2. The van der Waals surface area contributed by atoms with Crippen molar-refractivity contribution in [2.45, 2.75) is 104 Å². The highest BCUT2D eigenvalue weighted by atomic mass is 16.5. The average Bonchev–Trinajstić information content (AvgIpc) is 3.16. The lowest BCUT2D eigenvalue weighted by Gasteiger charge is -2.42. The zero-order valence-electron chi connectivity index (χ0n) is 20.4. The van der Waals surface area contributed by atoms with E-state index in [0.717, 1.165) is 13.2 Å². The minimum atomic E-state index is 0.242. The quantitative estimate of drug-likeness (QED) is 0.709. The van der Waals surface area contributed by atoms with Crippen LogP contribution in [0.5, 0.6) is 0 Å². The van der Waals surface area contributed by atoms with Gasteiger partial charge in [-0.3, -0.25) is 0 Å². The van der Waals surface area contributed by atoms with Crippen LogP contribution in [0.1, 0.15) is 67.2 Å². The second kappa shape index (κ2) is 9.72. The summed E-state index contributed by atoms with van der Waals surface area (Å²) >= 11 is 0. The Morgan fingerprint density at radius 1 is 0.667 bits per heavy atom. The summed E-state index contributed by atoms with van der Waals surface area (Å²) in [6.45, 7) is 19.8. The predicted octanol–water partition coefficient (Wildman–Crippen LogP) is 2.45. The van der Waals surface area contributed by atoms with Crippen molar-refractivity contribution in [2.24, 2.45) is 22.3 Å². The number of ether oxygens (including phenoxy) is 2. The fourth-order valence-corrected chi connectivity index (χ4v) is 5.92. The molecule has 0 aromatic heterocycles. The lowest BCUT2D eigenvalue weighted by atomic mass is 9.73. The van der Waals surface area contributed by atoms with Crippen LogP contribution in [0.2, 0.25) is 0 Å². The van der Waals surface area contributed by atoms with E-state index in [2.05, 4.69) is 51.3 Å². The van der Waals surface area contributed by atoms with Gasteiger partial charge in [0.25, 0.3) is 0 Å². The molecule has 4 atom stereocenters. The highest BCUT2D eigenvalue weighted by Gasteiger charge is 2.48. The maximum Gasteiger partial charge on any atom is 0.0704 e. The van der Waals surface area contributed by atoms with Crippen LogP contribution < -0.4 is 11.5 Å². The van der Waals surface area contributed by atoms with E-state index in [1.807, 2.05) is 0 Å². The van der Waals surface area contributed by atoms with Gasteiger partial charge in [0.1, 0.15) is 0 Å². The standard InChI is InChI=1S/2C12H24N2O/c2*1-9(2)14-6-4-12(5-7-14)8-15-10(3)11(12)13/h2*9-11H,4-8,13H2,1-3H3/t10-,11+;10-,11-/m11/s1. The smallest absolute Gasteiger partial charge is 0.0704 e. The third kappa shape index (κ3) is 4.89. The van der Waals surface area contributed by atoms with Gasteiger partial charge in [-0.15, -0.1) is 0 Å². The molecule has 176 valence electrons. The third-order valence-electron chi connectivity index (χ3n) is 8.74. The fourth-order valence-electron chi connectivity index (χ4n) is 5.92. The molecule has 4 fully saturated rings. The van der Waals surface area contributed by atoms with E-state index in [4.69, 9.17) is 20.9 Å². The Morgan fingerprint density at radius 2 is 0.967 bits per heavy atom. The SMILES string of the molecule is CC(C)N1CCC2(CC1)CO[C@H](C)[C@@H]2N.CC(C)N1CCC2(CC1)CO[C@H](C)[C@H]2N. The van der Waals surface area contributed by atoms with Crippen LogP contribution in [0.4, 0.5) is 0 Å². The predicted molar refractivity (Wildman–Crippen MR) is 124 cm³/mol. The molecule has 0 amide bonds. The zero-order chi connectivity index (χ0) is 22.1. The number of nitrogens with two attached hydrogens (primary N) is 2. The number of hydrogen-bond donors (Lipinski definition) is 2. The molecule has 0 aromatic rings. The molecule has 0 unspecified atom stereocenters. The fraction of sp³-hybridized carbons (Fsp3) is 1.00. The Kier molecular flexibility index (Phi) is 7.90. The topological polar surface area (TPSA) is 77.0 Å². The molecule has 4 saturated heterocycles. The van der Waals surface area contributed by atoms with Crippen LogP contribution in [0, 0.1) is 10.8 Å². The first-order chi connectivity index (χ1) is 14.1. The van der Waals surface area contributed by atoms with E-state index >= 15 is 0 Å². The summed E-state index contributed by atoms with van der Waals surface area (Å²) in [7, 11) is 0. The molecule has 30 heavy (non-hydrogen) atoms. The van der Waals surface area contributed by atoms with Gasteiger partial charge in [-0.05, 0) is 93.4 Å². The Hall–Kier alpha value is -0.240. The first kappa shape index (κ1) is 24.4. The van der Waals surface area contributed by atoms with Gasteiger partial charge in [0, 0.05) is 35.0 Å². The largest absolute Gasteiger partial charge is 0.376 e. The van der Waals surface area contributed by atoms with Crippen molar-refractivity contribution in [3.63, 3.8) is 0 Å². The second-order valence-electron chi connectivity index (χ2n) is 11.1. The molecular weight excluding hydrogens is 376 g/mol. The van der Waals surface area contributed by atoms with Crippen molar-refractivity contribution >= 4 is 0 Å². The maximum absolute atomic E-state index is 6.27. The minimum absolute atomic E-state index is 0.242. The Balaban J connectivity index is 0.000000171. The molecular formula is C24H48N4O2. The van der Waals surface area contributed by atoms with E-state index in [1.165, 1.54) is 51.9 Å². The van der Waals surface area contributed by atoms with Crippen LogP contribution in [0.15, 0.2) is 0 Å². The third-order valence-corrected chi connectivity index (χ3v) is 8.74.